The summed E-state index contributed by atoms with van der Waals surface area (Å²) in [5, 5.41) is 2.72. The fraction of sp³-hybridized carbons (Fsp3) is 0.125. The number of rotatable bonds is 2. The lowest BCUT2D eigenvalue weighted by Gasteiger charge is -2.05. The first-order chi connectivity index (χ1) is 9.19. The number of nitrogens with zero attached hydrogens (tertiary/aromatic N) is 1. The van der Waals surface area contributed by atoms with Crippen molar-refractivity contribution < 1.29 is 0 Å². The highest BCUT2D eigenvalue weighted by Crippen LogP contribution is 2.28. The highest BCUT2D eigenvalue weighted by molar-refractivity contribution is 6.31. The molecule has 0 atom stereocenters. The first-order valence-corrected chi connectivity index (χ1v) is 7.00. The van der Waals surface area contributed by atoms with E-state index in [4.69, 9.17) is 23.2 Å². The topological polar surface area (TPSA) is 4.93 Å². The SMILES string of the molecule is CCc1cn(-c2cccc(Cl)c2)c2ccc(Cl)cc12. The molecule has 19 heavy (non-hydrogen) atoms. The predicted octanol–water partition coefficient (Wildman–Crippen LogP) is 5.50. The molecule has 2 aromatic carbocycles. The van der Waals surface area contributed by atoms with Crippen LogP contribution in [-0.4, -0.2) is 4.57 Å². The average molecular weight is 290 g/mol. The molecule has 0 saturated carbocycles. The van der Waals surface area contributed by atoms with Crippen LogP contribution in [0.1, 0.15) is 12.5 Å². The van der Waals surface area contributed by atoms with E-state index in [9.17, 15) is 0 Å². The molecule has 1 aromatic heterocycles. The van der Waals surface area contributed by atoms with Gasteiger partial charge in [-0.3, -0.25) is 0 Å². The molecule has 96 valence electrons. The van der Waals surface area contributed by atoms with Crippen molar-refractivity contribution in [1.29, 1.82) is 0 Å². The zero-order chi connectivity index (χ0) is 13.4. The Balaban J connectivity index is 2.30. The molecule has 0 aliphatic carbocycles. The lowest BCUT2D eigenvalue weighted by Crippen LogP contribution is -1.91. The van der Waals surface area contributed by atoms with E-state index in [0.29, 0.717) is 0 Å². The Hall–Kier alpha value is -1.44. The van der Waals surface area contributed by atoms with Crippen molar-refractivity contribution >= 4 is 34.1 Å². The van der Waals surface area contributed by atoms with Crippen molar-refractivity contribution in [1.82, 2.24) is 4.57 Å². The van der Waals surface area contributed by atoms with Gasteiger partial charge in [0, 0.05) is 27.3 Å². The molecule has 0 amide bonds. The monoisotopic (exact) mass is 289 g/mol. The van der Waals surface area contributed by atoms with Crippen molar-refractivity contribution in [3.63, 3.8) is 0 Å². The zero-order valence-electron chi connectivity index (χ0n) is 10.5. The van der Waals surface area contributed by atoms with E-state index >= 15 is 0 Å². The average Bonchev–Trinajstić information content (AvgIpc) is 2.76. The quantitative estimate of drug-likeness (QED) is 0.587. The minimum atomic E-state index is 0.742. The third kappa shape index (κ3) is 2.24. The lowest BCUT2D eigenvalue weighted by atomic mass is 10.1. The van der Waals surface area contributed by atoms with Crippen LogP contribution in [0.15, 0.2) is 48.7 Å². The second-order valence-corrected chi connectivity index (χ2v) is 5.39. The maximum absolute atomic E-state index is 6.10. The van der Waals surface area contributed by atoms with Crippen LogP contribution in [0.5, 0.6) is 0 Å². The van der Waals surface area contributed by atoms with Crippen LogP contribution in [0.3, 0.4) is 0 Å². The summed E-state index contributed by atoms with van der Waals surface area (Å²) in [7, 11) is 0. The van der Waals surface area contributed by atoms with E-state index in [2.05, 4.69) is 29.8 Å². The van der Waals surface area contributed by atoms with Crippen molar-refractivity contribution in [2.75, 3.05) is 0 Å². The number of hydrogen-bond donors (Lipinski definition) is 0. The number of fused-ring (bicyclic) bond motifs is 1. The minimum absolute atomic E-state index is 0.742. The smallest absolute Gasteiger partial charge is 0.0532 e. The Morgan fingerprint density at radius 2 is 1.79 bits per heavy atom. The summed E-state index contributed by atoms with van der Waals surface area (Å²) in [6, 6.07) is 13.9. The molecule has 0 aliphatic rings. The number of halogens is 2. The summed E-state index contributed by atoms with van der Waals surface area (Å²) in [5.41, 5.74) is 3.51. The van der Waals surface area contributed by atoms with Gasteiger partial charge in [-0.05, 0) is 48.4 Å². The fourth-order valence-electron chi connectivity index (χ4n) is 2.39. The summed E-state index contributed by atoms with van der Waals surface area (Å²) in [6.07, 6.45) is 3.14. The number of aryl methyl sites for hydroxylation is 1. The molecule has 3 aromatic rings. The zero-order valence-corrected chi connectivity index (χ0v) is 12.0. The van der Waals surface area contributed by atoms with Gasteiger partial charge < -0.3 is 4.57 Å². The molecule has 1 heterocycles. The second kappa shape index (κ2) is 4.92. The molecule has 0 radical (unpaired) electrons. The Morgan fingerprint density at radius 3 is 2.53 bits per heavy atom. The number of hydrogen-bond acceptors (Lipinski definition) is 0. The summed E-state index contributed by atoms with van der Waals surface area (Å²) in [5.74, 6) is 0. The van der Waals surface area contributed by atoms with Crippen LogP contribution in [0.25, 0.3) is 16.6 Å². The summed E-state index contributed by atoms with van der Waals surface area (Å²) < 4.78 is 2.16. The van der Waals surface area contributed by atoms with Crippen LogP contribution in [0, 0.1) is 0 Å². The van der Waals surface area contributed by atoms with Gasteiger partial charge in [0.1, 0.15) is 0 Å². The fourth-order valence-corrected chi connectivity index (χ4v) is 2.75. The van der Waals surface area contributed by atoms with E-state index in [-0.39, 0.29) is 0 Å². The Bertz CT molecular complexity index is 744. The Labute approximate surface area is 122 Å². The molecule has 3 rings (SSSR count). The van der Waals surface area contributed by atoms with Gasteiger partial charge in [-0.2, -0.15) is 0 Å². The van der Waals surface area contributed by atoms with E-state index in [1.54, 1.807) is 0 Å². The van der Waals surface area contributed by atoms with Crippen LogP contribution < -0.4 is 0 Å². The molecule has 0 fully saturated rings. The van der Waals surface area contributed by atoms with E-state index < -0.39 is 0 Å². The lowest BCUT2D eigenvalue weighted by molar-refractivity contribution is 1.08. The van der Waals surface area contributed by atoms with Gasteiger partial charge in [0.15, 0.2) is 0 Å². The van der Waals surface area contributed by atoms with Gasteiger partial charge in [-0.25, -0.2) is 0 Å². The van der Waals surface area contributed by atoms with Crippen molar-refractivity contribution in [2.24, 2.45) is 0 Å². The number of benzene rings is 2. The van der Waals surface area contributed by atoms with Crippen molar-refractivity contribution in [3.05, 3.63) is 64.3 Å². The summed E-state index contributed by atoms with van der Waals surface area (Å²) >= 11 is 12.2. The first-order valence-electron chi connectivity index (χ1n) is 6.24. The van der Waals surface area contributed by atoms with Gasteiger partial charge >= 0.3 is 0 Å². The Kier molecular flexibility index (Phi) is 3.26. The molecule has 0 N–H and O–H groups in total. The van der Waals surface area contributed by atoms with E-state index in [0.717, 1.165) is 27.7 Å². The summed E-state index contributed by atoms with van der Waals surface area (Å²) in [6.45, 7) is 2.15. The molecule has 0 spiro atoms. The first kappa shape index (κ1) is 12.6. The molecule has 0 bridgehead atoms. The van der Waals surface area contributed by atoms with Gasteiger partial charge in [0.2, 0.25) is 0 Å². The van der Waals surface area contributed by atoms with Gasteiger partial charge in [-0.1, -0.05) is 36.2 Å². The molecular formula is C16H13Cl2N. The molecule has 0 saturated heterocycles. The van der Waals surface area contributed by atoms with Crippen molar-refractivity contribution in [3.8, 4) is 5.69 Å². The molecular weight excluding hydrogens is 277 g/mol. The largest absolute Gasteiger partial charge is 0.316 e. The van der Waals surface area contributed by atoms with E-state index in [1.165, 1.54) is 10.9 Å². The third-order valence-electron chi connectivity index (χ3n) is 3.32. The van der Waals surface area contributed by atoms with Gasteiger partial charge in [0.25, 0.3) is 0 Å². The molecule has 0 aliphatic heterocycles. The number of aromatic nitrogens is 1. The predicted molar refractivity (Wildman–Crippen MR) is 82.7 cm³/mol. The standard InChI is InChI=1S/C16H13Cl2N/c1-2-11-10-19(14-5-3-4-12(17)8-14)16-7-6-13(18)9-15(11)16/h3-10H,2H2,1H3. The van der Waals surface area contributed by atoms with Gasteiger partial charge in [0.05, 0.1) is 5.52 Å². The highest BCUT2D eigenvalue weighted by atomic mass is 35.5. The second-order valence-electron chi connectivity index (χ2n) is 4.52. The normalized spacial score (nSPS) is 11.1. The van der Waals surface area contributed by atoms with Crippen molar-refractivity contribution in [2.45, 2.75) is 13.3 Å². The van der Waals surface area contributed by atoms with Gasteiger partial charge in [-0.15, -0.1) is 0 Å². The van der Waals surface area contributed by atoms with Crippen LogP contribution >= 0.6 is 23.2 Å². The summed E-state index contributed by atoms with van der Waals surface area (Å²) in [4.78, 5) is 0. The minimum Gasteiger partial charge on any atom is -0.316 e. The maximum Gasteiger partial charge on any atom is 0.0532 e. The highest BCUT2D eigenvalue weighted by Gasteiger charge is 2.09. The van der Waals surface area contributed by atoms with Crippen LogP contribution in [-0.2, 0) is 6.42 Å². The van der Waals surface area contributed by atoms with Crippen LogP contribution in [0.2, 0.25) is 10.0 Å². The molecule has 0 unspecified atom stereocenters. The third-order valence-corrected chi connectivity index (χ3v) is 3.79. The Morgan fingerprint density at radius 1 is 1.00 bits per heavy atom. The maximum atomic E-state index is 6.10. The van der Waals surface area contributed by atoms with Crippen LogP contribution in [0.4, 0.5) is 0 Å². The molecule has 1 nitrogen and oxygen atoms in total. The molecule has 3 heteroatoms. The van der Waals surface area contributed by atoms with E-state index in [1.807, 2.05) is 30.3 Å².